The average molecular weight is 403 g/mol. The highest BCUT2D eigenvalue weighted by molar-refractivity contribution is 5.78. The molecule has 0 radical (unpaired) electrons. The second-order valence-corrected chi connectivity index (χ2v) is 7.26. The van der Waals surface area contributed by atoms with Crippen molar-refractivity contribution in [2.75, 3.05) is 19.5 Å². The van der Waals surface area contributed by atoms with Crippen molar-refractivity contribution >= 4 is 17.0 Å². The van der Waals surface area contributed by atoms with Crippen LogP contribution in [0.5, 0.6) is 11.5 Å². The largest absolute Gasteiger partial charge is 0.497 e. The summed E-state index contributed by atoms with van der Waals surface area (Å²) in [6.07, 6.45) is 0. The standard InChI is InChI=1S/C23H25N5O2/c1-13-8-7-9-20(14(13)2)25-23-21-15(3)24-16(4)28(21)27-22(26-23)17-10-18(29-5)12-19(11-17)30-6/h7-12H,1-6H3,(H,25,26,27). The van der Waals surface area contributed by atoms with Crippen molar-refractivity contribution in [2.24, 2.45) is 0 Å². The number of ether oxygens (including phenoxy) is 2. The summed E-state index contributed by atoms with van der Waals surface area (Å²) in [5.41, 5.74) is 5.91. The average Bonchev–Trinajstić information content (AvgIpc) is 3.04. The molecule has 154 valence electrons. The molecule has 0 fully saturated rings. The van der Waals surface area contributed by atoms with Crippen LogP contribution in [0.2, 0.25) is 0 Å². The number of benzene rings is 2. The van der Waals surface area contributed by atoms with E-state index in [0.717, 1.165) is 28.3 Å². The first-order valence-electron chi connectivity index (χ1n) is 9.72. The van der Waals surface area contributed by atoms with Gasteiger partial charge in [0.15, 0.2) is 11.6 Å². The fourth-order valence-corrected chi connectivity index (χ4v) is 3.49. The Bertz CT molecular complexity index is 1220. The molecule has 2 aromatic heterocycles. The van der Waals surface area contributed by atoms with Crippen molar-refractivity contribution in [3.05, 3.63) is 59.0 Å². The molecule has 0 aliphatic heterocycles. The summed E-state index contributed by atoms with van der Waals surface area (Å²) in [6.45, 7) is 8.09. The first-order valence-corrected chi connectivity index (χ1v) is 9.72. The molecule has 7 heteroatoms. The van der Waals surface area contributed by atoms with Gasteiger partial charge in [-0.25, -0.2) is 14.5 Å². The maximum atomic E-state index is 5.42. The number of rotatable bonds is 5. The highest BCUT2D eigenvalue weighted by atomic mass is 16.5. The Kier molecular flexibility index (Phi) is 5.03. The lowest BCUT2D eigenvalue weighted by atomic mass is 10.1. The molecule has 2 aromatic carbocycles. The lowest BCUT2D eigenvalue weighted by Gasteiger charge is -2.14. The third-order valence-electron chi connectivity index (χ3n) is 5.29. The molecule has 7 nitrogen and oxygen atoms in total. The number of hydrogen-bond acceptors (Lipinski definition) is 6. The maximum absolute atomic E-state index is 5.42. The van der Waals surface area contributed by atoms with Crippen molar-refractivity contribution in [1.29, 1.82) is 0 Å². The summed E-state index contributed by atoms with van der Waals surface area (Å²) in [6, 6.07) is 11.8. The van der Waals surface area contributed by atoms with Gasteiger partial charge < -0.3 is 14.8 Å². The van der Waals surface area contributed by atoms with Gasteiger partial charge in [0.1, 0.15) is 22.8 Å². The number of hydrogen-bond donors (Lipinski definition) is 1. The molecule has 0 aliphatic carbocycles. The van der Waals surface area contributed by atoms with Crippen molar-refractivity contribution in [3.8, 4) is 22.9 Å². The van der Waals surface area contributed by atoms with E-state index < -0.39 is 0 Å². The molecule has 0 saturated heterocycles. The first-order chi connectivity index (χ1) is 14.4. The van der Waals surface area contributed by atoms with E-state index in [9.17, 15) is 0 Å². The van der Waals surface area contributed by atoms with E-state index in [2.05, 4.69) is 30.2 Å². The Hall–Kier alpha value is -3.61. The van der Waals surface area contributed by atoms with Crippen molar-refractivity contribution in [3.63, 3.8) is 0 Å². The number of imidazole rings is 1. The van der Waals surface area contributed by atoms with E-state index in [4.69, 9.17) is 19.6 Å². The molecule has 0 unspecified atom stereocenters. The summed E-state index contributed by atoms with van der Waals surface area (Å²) in [4.78, 5) is 9.47. The zero-order valence-corrected chi connectivity index (χ0v) is 18.1. The van der Waals surface area contributed by atoms with Crippen LogP contribution in [0.1, 0.15) is 22.6 Å². The van der Waals surface area contributed by atoms with E-state index in [0.29, 0.717) is 23.1 Å². The Morgan fingerprint density at radius 2 is 1.60 bits per heavy atom. The van der Waals surface area contributed by atoms with Crippen LogP contribution in [-0.2, 0) is 0 Å². The second kappa shape index (κ2) is 7.67. The SMILES string of the molecule is COc1cc(OC)cc(-c2nc(Nc3cccc(C)c3C)c3c(C)nc(C)n3n2)c1. The molecular formula is C23H25N5O2. The van der Waals surface area contributed by atoms with E-state index in [1.54, 1.807) is 14.2 Å². The van der Waals surface area contributed by atoms with Gasteiger partial charge in [-0.3, -0.25) is 0 Å². The van der Waals surface area contributed by atoms with Crippen LogP contribution in [0.15, 0.2) is 36.4 Å². The number of methoxy groups -OCH3 is 2. The zero-order valence-electron chi connectivity index (χ0n) is 18.1. The van der Waals surface area contributed by atoms with E-state index in [-0.39, 0.29) is 0 Å². The molecule has 0 aliphatic rings. The van der Waals surface area contributed by atoms with Crippen LogP contribution in [0.25, 0.3) is 16.9 Å². The minimum absolute atomic E-state index is 0.549. The molecule has 0 amide bonds. The van der Waals surface area contributed by atoms with Crippen LogP contribution in [0.3, 0.4) is 0 Å². The Morgan fingerprint density at radius 3 is 2.27 bits per heavy atom. The fourth-order valence-electron chi connectivity index (χ4n) is 3.49. The van der Waals surface area contributed by atoms with Crippen LogP contribution in [0, 0.1) is 27.7 Å². The molecule has 0 atom stereocenters. The number of fused-ring (bicyclic) bond motifs is 1. The Labute approximate surface area is 175 Å². The van der Waals surface area contributed by atoms with Crippen LogP contribution < -0.4 is 14.8 Å². The number of aryl methyl sites for hydroxylation is 3. The number of aromatic nitrogens is 4. The van der Waals surface area contributed by atoms with Gasteiger partial charge in [-0.05, 0) is 57.0 Å². The van der Waals surface area contributed by atoms with E-state index in [1.165, 1.54) is 11.1 Å². The zero-order chi connectivity index (χ0) is 21.4. The van der Waals surface area contributed by atoms with Gasteiger partial charge in [-0.1, -0.05) is 12.1 Å². The van der Waals surface area contributed by atoms with E-state index >= 15 is 0 Å². The summed E-state index contributed by atoms with van der Waals surface area (Å²) in [5, 5.41) is 8.25. The predicted molar refractivity (Wildman–Crippen MR) is 118 cm³/mol. The molecule has 2 heterocycles. The number of nitrogens with zero attached hydrogens (tertiary/aromatic N) is 4. The van der Waals surface area contributed by atoms with Crippen molar-refractivity contribution in [2.45, 2.75) is 27.7 Å². The molecular weight excluding hydrogens is 378 g/mol. The predicted octanol–water partition coefficient (Wildman–Crippen LogP) is 4.79. The summed E-state index contributed by atoms with van der Waals surface area (Å²) in [7, 11) is 3.25. The first kappa shape index (κ1) is 19.7. The van der Waals surface area contributed by atoms with Crippen LogP contribution in [0.4, 0.5) is 11.5 Å². The number of anilines is 2. The molecule has 4 rings (SSSR count). The summed E-state index contributed by atoms with van der Waals surface area (Å²) in [5.74, 6) is 3.40. The van der Waals surface area contributed by atoms with Gasteiger partial charge in [0.25, 0.3) is 0 Å². The van der Waals surface area contributed by atoms with Crippen molar-refractivity contribution < 1.29 is 9.47 Å². The fraction of sp³-hybridized carbons (Fsp3) is 0.261. The van der Waals surface area contributed by atoms with Gasteiger partial charge in [-0.2, -0.15) is 0 Å². The Balaban J connectivity index is 1.93. The third-order valence-corrected chi connectivity index (χ3v) is 5.29. The molecule has 0 saturated carbocycles. The van der Waals surface area contributed by atoms with Crippen LogP contribution >= 0.6 is 0 Å². The monoisotopic (exact) mass is 403 g/mol. The second-order valence-electron chi connectivity index (χ2n) is 7.26. The molecule has 1 N–H and O–H groups in total. The van der Waals surface area contributed by atoms with Gasteiger partial charge in [-0.15, -0.1) is 5.10 Å². The van der Waals surface area contributed by atoms with E-state index in [1.807, 2.05) is 48.7 Å². The third kappa shape index (κ3) is 3.43. The molecule has 0 spiro atoms. The maximum Gasteiger partial charge on any atom is 0.182 e. The van der Waals surface area contributed by atoms with Crippen molar-refractivity contribution in [1.82, 2.24) is 19.6 Å². The molecule has 4 aromatic rings. The minimum Gasteiger partial charge on any atom is -0.497 e. The topological polar surface area (TPSA) is 73.6 Å². The molecule has 0 bridgehead atoms. The van der Waals surface area contributed by atoms with Gasteiger partial charge in [0.2, 0.25) is 0 Å². The lowest BCUT2D eigenvalue weighted by molar-refractivity contribution is 0.394. The number of nitrogens with one attached hydrogen (secondary N) is 1. The normalized spacial score (nSPS) is 11.0. The van der Waals surface area contributed by atoms with Gasteiger partial charge in [0.05, 0.1) is 19.9 Å². The summed E-state index contributed by atoms with van der Waals surface area (Å²) < 4.78 is 12.7. The minimum atomic E-state index is 0.549. The van der Waals surface area contributed by atoms with Crippen LogP contribution in [-0.4, -0.2) is 33.8 Å². The summed E-state index contributed by atoms with van der Waals surface area (Å²) >= 11 is 0. The van der Waals surface area contributed by atoms with Gasteiger partial charge >= 0.3 is 0 Å². The smallest absolute Gasteiger partial charge is 0.182 e. The lowest BCUT2D eigenvalue weighted by Crippen LogP contribution is -2.06. The van der Waals surface area contributed by atoms with Gasteiger partial charge in [0, 0.05) is 17.3 Å². The highest BCUT2D eigenvalue weighted by Gasteiger charge is 2.17. The Morgan fingerprint density at radius 1 is 0.900 bits per heavy atom. The molecule has 30 heavy (non-hydrogen) atoms. The quantitative estimate of drug-likeness (QED) is 0.517. The highest BCUT2D eigenvalue weighted by Crippen LogP contribution is 2.31.